The lowest BCUT2D eigenvalue weighted by atomic mass is 10.4. The van der Waals surface area contributed by atoms with Gasteiger partial charge in [0.15, 0.2) is 0 Å². The highest BCUT2D eigenvalue weighted by Crippen LogP contribution is 1.77. The monoisotopic (exact) mass is 300 g/mol. The van der Waals surface area contributed by atoms with Crippen LogP contribution in [0.3, 0.4) is 0 Å². The van der Waals surface area contributed by atoms with E-state index in [1.807, 2.05) is 0 Å². The van der Waals surface area contributed by atoms with E-state index >= 15 is 0 Å². The number of rotatable bonds is 7. The summed E-state index contributed by atoms with van der Waals surface area (Å²) in [5.41, 5.74) is 4.85. The zero-order valence-corrected chi connectivity index (χ0v) is 9.99. The van der Waals surface area contributed by atoms with Crippen molar-refractivity contribution in [1.82, 2.24) is 5.32 Å². The number of nitrogens with two attached hydrogens (primary N) is 1. The molecule has 0 fully saturated rings. The number of aliphatic carboxylic acids is 2. The lowest BCUT2D eigenvalue weighted by Crippen LogP contribution is -2.19. The van der Waals surface area contributed by atoms with E-state index in [1.54, 1.807) is 0 Å². The number of carbonyl (C=O) groups is 2. The topological polar surface area (TPSA) is 113 Å². The van der Waals surface area contributed by atoms with Gasteiger partial charge in [0.25, 0.3) is 0 Å². The standard InChI is InChI=1S/C5H10BrNO2.C3H7NO2.CH4/c6-2-4-7-3-1-5(8)9;4-2-1-3(5)6;/h7H,1-4H2,(H,8,9);1-2,4H2,(H,5,6);1H4. The second-order valence-electron chi connectivity index (χ2n) is 2.52. The van der Waals surface area contributed by atoms with Gasteiger partial charge in [-0.1, -0.05) is 23.4 Å². The van der Waals surface area contributed by atoms with Crippen LogP contribution in [0.15, 0.2) is 0 Å². The van der Waals surface area contributed by atoms with E-state index in [2.05, 4.69) is 21.2 Å². The van der Waals surface area contributed by atoms with Gasteiger partial charge >= 0.3 is 11.9 Å². The van der Waals surface area contributed by atoms with Crippen LogP contribution in [0.5, 0.6) is 0 Å². The van der Waals surface area contributed by atoms with E-state index in [9.17, 15) is 9.59 Å². The fraction of sp³-hybridized carbons (Fsp3) is 0.778. The van der Waals surface area contributed by atoms with Gasteiger partial charge in [0.05, 0.1) is 12.8 Å². The normalized spacial score (nSPS) is 8.38. The van der Waals surface area contributed by atoms with E-state index in [-0.39, 0.29) is 26.8 Å². The van der Waals surface area contributed by atoms with E-state index in [0.717, 1.165) is 11.9 Å². The zero-order valence-electron chi connectivity index (χ0n) is 8.41. The largest absolute Gasteiger partial charge is 0.481 e. The second kappa shape index (κ2) is 16.8. The molecule has 0 heterocycles. The van der Waals surface area contributed by atoms with Crippen LogP contribution in [-0.2, 0) is 9.59 Å². The fourth-order valence-corrected chi connectivity index (χ4v) is 0.791. The van der Waals surface area contributed by atoms with Gasteiger partial charge in [-0.2, -0.15) is 0 Å². The van der Waals surface area contributed by atoms with Gasteiger partial charge in [0.2, 0.25) is 0 Å². The molecule has 16 heavy (non-hydrogen) atoms. The minimum absolute atomic E-state index is 0. The van der Waals surface area contributed by atoms with E-state index < -0.39 is 11.9 Å². The molecule has 0 amide bonds. The van der Waals surface area contributed by atoms with Gasteiger partial charge in [-0.3, -0.25) is 9.59 Å². The Morgan fingerprint density at radius 3 is 1.88 bits per heavy atom. The number of hydrogen-bond donors (Lipinski definition) is 4. The number of halogens is 1. The quantitative estimate of drug-likeness (QED) is 0.402. The molecule has 0 unspecified atom stereocenters. The molecule has 0 radical (unpaired) electrons. The van der Waals surface area contributed by atoms with Crippen molar-refractivity contribution in [1.29, 1.82) is 0 Å². The van der Waals surface area contributed by atoms with Gasteiger partial charge in [-0.25, -0.2) is 0 Å². The summed E-state index contributed by atoms with van der Waals surface area (Å²) in [6.07, 6.45) is 0.271. The molecule has 0 aromatic carbocycles. The number of carboxylic acids is 2. The Labute approximate surface area is 104 Å². The summed E-state index contributed by atoms with van der Waals surface area (Å²) in [6.45, 7) is 1.61. The Morgan fingerprint density at radius 2 is 1.62 bits per heavy atom. The SMILES string of the molecule is C.NCCC(=O)O.O=C(O)CCNCCBr. The molecule has 0 aliphatic heterocycles. The van der Waals surface area contributed by atoms with Crippen LogP contribution in [0.1, 0.15) is 20.3 Å². The summed E-state index contributed by atoms with van der Waals surface area (Å²) in [5, 5.41) is 19.8. The third kappa shape index (κ3) is 29.2. The van der Waals surface area contributed by atoms with Gasteiger partial charge in [-0.15, -0.1) is 0 Å². The molecule has 0 aromatic heterocycles. The van der Waals surface area contributed by atoms with Crippen LogP contribution in [0.4, 0.5) is 0 Å². The van der Waals surface area contributed by atoms with Gasteiger partial charge in [0, 0.05) is 25.0 Å². The van der Waals surface area contributed by atoms with Crippen LogP contribution in [0.2, 0.25) is 0 Å². The maximum absolute atomic E-state index is 9.91. The van der Waals surface area contributed by atoms with Crippen molar-refractivity contribution in [2.45, 2.75) is 20.3 Å². The molecule has 6 nitrogen and oxygen atoms in total. The number of alkyl halides is 1. The molecule has 98 valence electrons. The first-order valence-electron chi connectivity index (χ1n) is 4.45. The summed E-state index contributed by atoms with van der Waals surface area (Å²) in [5.74, 6) is -1.59. The first-order chi connectivity index (χ1) is 7.04. The molecule has 0 rings (SSSR count). The molecular formula is C9H21BrN2O4. The molecule has 0 aromatic rings. The molecule has 0 aliphatic carbocycles. The first-order valence-corrected chi connectivity index (χ1v) is 5.57. The molecule has 0 saturated carbocycles. The number of hydrogen-bond acceptors (Lipinski definition) is 4. The predicted octanol–water partition coefficient (Wildman–Crippen LogP) is 0.502. The highest BCUT2D eigenvalue weighted by molar-refractivity contribution is 9.09. The summed E-state index contributed by atoms with van der Waals surface area (Å²) in [6, 6.07) is 0. The number of nitrogens with one attached hydrogen (secondary N) is 1. The average Bonchev–Trinajstić information content (AvgIpc) is 2.13. The molecule has 0 aliphatic rings. The maximum atomic E-state index is 9.91. The summed E-state index contributed by atoms with van der Waals surface area (Å²) >= 11 is 3.21. The van der Waals surface area contributed by atoms with Crippen molar-refractivity contribution in [2.75, 3.05) is 25.0 Å². The van der Waals surface area contributed by atoms with Gasteiger partial charge in [-0.05, 0) is 0 Å². The molecule has 0 spiro atoms. The summed E-state index contributed by atoms with van der Waals surface area (Å²) < 4.78 is 0. The smallest absolute Gasteiger partial charge is 0.304 e. The number of carboxylic acid groups (broad SMARTS) is 2. The highest BCUT2D eigenvalue weighted by atomic mass is 79.9. The van der Waals surface area contributed by atoms with Crippen molar-refractivity contribution >= 4 is 27.9 Å². The van der Waals surface area contributed by atoms with Crippen molar-refractivity contribution < 1.29 is 19.8 Å². The minimum atomic E-state index is -0.836. The second-order valence-corrected chi connectivity index (χ2v) is 3.31. The Balaban J connectivity index is -0.000000214. The molecule has 0 saturated heterocycles. The Hall–Kier alpha value is -0.660. The Morgan fingerprint density at radius 1 is 1.12 bits per heavy atom. The summed E-state index contributed by atoms with van der Waals surface area (Å²) in [7, 11) is 0. The van der Waals surface area contributed by atoms with Crippen molar-refractivity contribution in [3.8, 4) is 0 Å². The van der Waals surface area contributed by atoms with Crippen LogP contribution < -0.4 is 11.1 Å². The lowest BCUT2D eigenvalue weighted by molar-refractivity contribution is -0.137. The van der Waals surface area contributed by atoms with Crippen LogP contribution >= 0.6 is 15.9 Å². The molecule has 5 N–H and O–H groups in total. The van der Waals surface area contributed by atoms with Crippen LogP contribution in [-0.4, -0.2) is 47.1 Å². The van der Waals surface area contributed by atoms with Crippen molar-refractivity contribution in [3.63, 3.8) is 0 Å². The molecule has 0 atom stereocenters. The zero-order chi connectivity index (χ0) is 12.1. The molecule has 0 bridgehead atoms. The van der Waals surface area contributed by atoms with Crippen molar-refractivity contribution in [2.24, 2.45) is 5.73 Å². The highest BCUT2D eigenvalue weighted by Gasteiger charge is 1.93. The van der Waals surface area contributed by atoms with Gasteiger partial charge in [0.1, 0.15) is 0 Å². The molecule has 7 heteroatoms. The first kappa shape index (κ1) is 20.7. The third-order valence-electron chi connectivity index (χ3n) is 1.15. The lowest BCUT2D eigenvalue weighted by Gasteiger charge is -1.96. The van der Waals surface area contributed by atoms with Crippen molar-refractivity contribution in [3.05, 3.63) is 0 Å². The van der Waals surface area contributed by atoms with E-state index in [4.69, 9.17) is 15.9 Å². The third-order valence-corrected chi connectivity index (χ3v) is 1.54. The van der Waals surface area contributed by atoms with E-state index in [1.165, 1.54) is 0 Å². The van der Waals surface area contributed by atoms with Crippen LogP contribution in [0.25, 0.3) is 0 Å². The van der Waals surface area contributed by atoms with E-state index in [0.29, 0.717) is 6.54 Å². The summed E-state index contributed by atoms with van der Waals surface area (Å²) in [4.78, 5) is 19.4. The average molecular weight is 301 g/mol. The predicted molar refractivity (Wildman–Crippen MR) is 67.0 cm³/mol. The Kier molecular flexibility index (Phi) is 21.7. The minimum Gasteiger partial charge on any atom is -0.481 e. The fourth-order valence-electron chi connectivity index (χ4n) is 0.511. The maximum Gasteiger partial charge on any atom is 0.304 e. The molecular weight excluding hydrogens is 280 g/mol. The Bertz CT molecular complexity index is 179. The van der Waals surface area contributed by atoms with Crippen LogP contribution in [0, 0.1) is 0 Å². The van der Waals surface area contributed by atoms with Gasteiger partial charge < -0.3 is 21.3 Å².